The zero-order valence-corrected chi connectivity index (χ0v) is 10.9. The molecule has 3 N–H and O–H groups in total. The Morgan fingerprint density at radius 2 is 2.22 bits per heavy atom. The number of anilines is 1. The lowest BCUT2D eigenvalue weighted by Gasteiger charge is -2.09. The molecular weight excluding hydrogens is 234 g/mol. The van der Waals surface area contributed by atoms with Gasteiger partial charge in [0.05, 0.1) is 13.3 Å². The highest BCUT2D eigenvalue weighted by Crippen LogP contribution is 2.15. The lowest BCUT2D eigenvalue weighted by molar-refractivity contribution is 0.0945. The van der Waals surface area contributed by atoms with Gasteiger partial charge in [0.25, 0.3) is 5.91 Å². The lowest BCUT2D eigenvalue weighted by Crippen LogP contribution is -2.31. The maximum atomic E-state index is 11.8. The van der Waals surface area contributed by atoms with Crippen LogP contribution in [0, 0.1) is 0 Å². The topological polar surface area (TPSA) is 88.2 Å². The van der Waals surface area contributed by atoms with E-state index in [0.717, 1.165) is 6.54 Å². The highest BCUT2D eigenvalue weighted by Gasteiger charge is 2.15. The average Bonchev–Trinajstić information content (AvgIpc) is 2.39. The summed E-state index contributed by atoms with van der Waals surface area (Å²) in [4.78, 5) is 20.0. The number of ether oxygens (including phenoxy) is 1. The Bertz CT molecular complexity index is 397. The number of likely N-dealkylation sites (N-methyl/N-ethyl adjacent to an activating group) is 1. The molecule has 0 fully saturated rings. The minimum atomic E-state index is -0.294. The third-order valence-corrected chi connectivity index (χ3v) is 2.17. The summed E-state index contributed by atoms with van der Waals surface area (Å²) in [5, 5.41) is 8.66. The van der Waals surface area contributed by atoms with Gasteiger partial charge in [0.2, 0.25) is 5.88 Å². The molecule has 0 aliphatic rings. The zero-order valence-electron chi connectivity index (χ0n) is 10.9. The molecule has 1 rings (SSSR count). The molecule has 0 saturated carbocycles. The second-order valence-corrected chi connectivity index (χ2v) is 3.50. The third kappa shape index (κ3) is 3.85. The Morgan fingerprint density at radius 1 is 1.44 bits per heavy atom. The first kappa shape index (κ1) is 14.2. The van der Waals surface area contributed by atoms with Crippen LogP contribution in [0.1, 0.15) is 17.4 Å². The van der Waals surface area contributed by atoms with Gasteiger partial charge in [-0.1, -0.05) is 0 Å². The summed E-state index contributed by atoms with van der Waals surface area (Å²) in [6.07, 6.45) is 1.51. The highest BCUT2D eigenvalue weighted by atomic mass is 16.5. The summed E-state index contributed by atoms with van der Waals surface area (Å²) in [6, 6.07) is 0. The minimum Gasteiger partial charge on any atom is -0.479 e. The van der Waals surface area contributed by atoms with E-state index >= 15 is 0 Å². The fourth-order valence-electron chi connectivity index (χ4n) is 1.32. The number of carbonyl (C=O) groups is 1. The van der Waals surface area contributed by atoms with Gasteiger partial charge < -0.3 is 20.7 Å². The van der Waals surface area contributed by atoms with Crippen LogP contribution in [0.4, 0.5) is 5.82 Å². The Balaban J connectivity index is 2.77. The molecular formula is C11H19N5O2. The number of hydrogen-bond acceptors (Lipinski definition) is 6. The quantitative estimate of drug-likeness (QED) is 0.586. The first-order valence-electron chi connectivity index (χ1n) is 5.80. The maximum absolute atomic E-state index is 11.8. The first-order chi connectivity index (χ1) is 8.72. The van der Waals surface area contributed by atoms with Gasteiger partial charge in [-0.05, 0) is 14.0 Å². The van der Waals surface area contributed by atoms with Gasteiger partial charge in [0, 0.05) is 19.6 Å². The molecule has 0 aromatic carbocycles. The van der Waals surface area contributed by atoms with Crippen LogP contribution in [0.25, 0.3) is 0 Å². The fourth-order valence-corrected chi connectivity index (χ4v) is 1.32. The van der Waals surface area contributed by atoms with Crippen molar-refractivity contribution in [3.63, 3.8) is 0 Å². The normalized spacial score (nSPS) is 9.94. The van der Waals surface area contributed by atoms with E-state index in [1.807, 2.05) is 14.0 Å². The Labute approximate surface area is 106 Å². The van der Waals surface area contributed by atoms with E-state index < -0.39 is 0 Å². The van der Waals surface area contributed by atoms with Gasteiger partial charge in [-0.3, -0.25) is 4.79 Å². The molecule has 18 heavy (non-hydrogen) atoms. The number of nitrogens with one attached hydrogen (secondary N) is 3. The fraction of sp³-hybridized carbons (Fsp3) is 0.545. The maximum Gasteiger partial charge on any atom is 0.275 e. The molecule has 0 unspecified atom stereocenters. The van der Waals surface area contributed by atoms with Crippen LogP contribution in [0.2, 0.25) is 0 Å². The molecule has 7 heteroatoms. The molecule has 1 heterocycles. The van der Waals surface area contributed by atoms with Crippen molar-refractivity contribution in [1.29, 1.82) is 0 Å². The molecule has 0 saturated heterocycles. The van der Waals surface area contributed by atoms with Crippen molar-refractivity contribution in [3.05, 3.63) is 11.9 Å². The average molecular weight is 253 g/mol. The van der Waals surface area contributed by atoms with Crippen molar-refractivity contribution in [2.24, 2.45) is 0 Å². The van der Waals surface area contributed by atoms with Crippen LogP contribution in [0.5, 0.6) is 5.88 Å². The molecule has 0 bridgehead atoms. The van der Waals surface area contributed by atoms with E-state index in [1.165, 1.54) is 13.3 Å². The van der Waals surface area contributed by atoms with Crippen molar-refractivity contribution in [2.75, 3.05) is 39.1 Å². The molecule has 100 valence electrons. The van der Waals surface area contributed by atoms with E-state index in [0.29, 0.717) is 18.9 Å². The van der Waals surface area contributed by atoms with E-state index in [1.54, 1.807) is 0 Å². The summed E-state index contributed by atoms with van der Waals surface area (Å²) in [5.74, 6) is 0.509. The lowest BCUT2D eigenvalue weighted by atomic mass is 10.4. The van der Waals surface area contributed by atoms with Crippen LogP contribution in [0.3, 0.4) is 0 Å². The Kier molecular flexibility index (Phi) is 5.86. The second kappa shape index (κ2) is 7.44. The molecule has 1 aromatic heterocycles. The number of nitrogens with zero attached hydrogens (tertiary/aromatic N) is 2. The molecule has 0 aliphatic heterocycles. The molecule has 0 atom stereocenters. The van der Waals surface area contributed by atoms with Gasteiger partial charge >= 0.3 is 0 Å². The summed E-state index contributed by atoms with van der Waals surface area (Å²) in [6.45, 7) is 3.89. The van der Waals surface area contributed by atoms with Crippen molar-refractivity contribution < 1.29 is 9.53 Å². The largest absolute Gasteiger partial charge is 0.479 e. The van der Waals surface area contributed by atoms with Crippen LogP contribution in [0.15, 0.2) is 6.20 Å². The summed E-state index contributed by atoms with van der Waals surface area (Å²) < 4.78 is 5.07. The summed E-state index contributed by atoms with van der Waals surface area (Å²) >= 11 is 0. The standard InChI is InChI=1S/C11H19N5O2/c1-4-13-8-7-15-9(11(16-8)18-3)10(17)14-6-5-12-2/h7,12H,4-6H2,1-3H3,(H,13,16)(H,14,17). The minimum absolute atomic E-state index is 0.190. The number of aromatic nitrogens is 2. The Hall–Kier alpha value is -1.89. The van der Waals surface area contributed by atoms with Crippen LogP contribution >= 0.6 is 0 Å². The number of carbonyl (C=O) groups excluding carboxylic acids is 1. The van der Waals surface area contributed by atoms with Gasteiger partial charge in [-0.25, -0.2) is 4.98 Å². The second-order valence-electron chi connectivity index (χ2n) is 3.50. The molecule has 1 aromatic rings. The summed E-state index contributed by atoms with van der Waals surface area (Å²) in [5.41, 5.74) is 0.190. The molecule has 0 radical (unpaired) electrons. The smallest absolute Gasteiger partial charge is 0.275 e. The van der Waals surface area contributed by atoms with Gasteiger partial charge in [-0.2, -0.15) is 4.98 Å². The van der Waals surface area contributed by atoms with Crippen LogP contribution in [-0.2, 0) is 0 Å². The predicted octanol–water partition coefficient (Wildman–Crippen LogP) is -0.134. The third-order valence-electron chi connectivity index (χ3n) is 2.17. The van der Waals surface area contributed by atoms with E-state index in [-0.39, 0.29) is 17.5 Å². The number of amides is 1. The number of rotatable bonds is 7. The molecule has 7 nitrogen and oxygen atoms in total. The van der Waals surface area contributed by atoms with E-state index in [4.69, 9.17) is 4.74 Å². The van der Waals surface area contributed by atoms with Gasteiger partial charge in [-0.15, -0.1) is 0 Å². The van der Waals surface area contributed by atoms with E-state index in [9.17, 15) is 4.79 Å². The van der Waals surface area contributed by atoms with Crippen molar-refractivity contribution >= 4 is 11.7 Å². The van der Waals surface area contributed by atoms with Crippen molar-refractivity contribution in [3.8, 4) is 5.88 Å². The van der Waals surface area contributed by atoms with Gasteiger partial charge in [0.1, 0.15) is 5.82 Å². The van der Waals surface area contributed by atoms with E-state index in [2.05, 4.69) is 25.9 Å². The number of hydrogen-bond donors (Lipinski definition) is 3. The van der Waals surface area contributed by atoms with Crippen LogP contribution < -0.4 is 20.7 Å². The van der Waals surface area contributed by atoms with Crippen LogP contribution in [-0.4, -0.2) is 49.7 Å². The monoisotopic (exact) mass is 253 g/mol. The SMILES string of the molecule is CCNc1cnc(C(=O)NCCNC)c(OC)n1. The highest BCUT2D eigenvalue weighted by molar-refractivity contribution is 5.94. The van der Waals surface area contributed by atoms with Crippen molar-refractivity contribution in [2.45, 2.75) is 6.92 Å². The predicted molar refractivity (Wildman–Crippen MR) is 69.0 cm³/mol. The van der Waals surface area contributed by atoms with Gasteiger partial charge in [0.15, 0.2) is 5.69 Å². The first-order valence-corrected chi connectivity index (χ1v) is 5.80. The Morgan fingerprint density at radius 3 is 2.83 bits per heavy atom. The molecule has 0 spiro atoms. The number of methoxy groups -OCH3 is 1. The van der Waals surface area contributed by atoms with Crippen molar-refractivity contribution in [1.82, 2.24) is 20.6 Å². The zero-order chi connectivity index (χ0) is 13.4. The summed E-state index contributed by atoms with van der Waals surface area (Å²) in [7, 11) is 3.28. The molecule has 0 aliphatic carbocycles. The molecule has 1 amide bonds.